The predicted molar refractivity (Wildman–Crippen MR) is 61.0 cm³/mol. The van der Waals surface area contributed by atoms with Crippen LogP contribution < -0.4 is 0 Å². The maximum absolute atomic E-state index is 12.9. The van der Waals surface area contributed by atoms with Gasteiger partial charge in [0.15, 0.2) is 17.4 Å². The number of nitrogens with zero attached hydrogens (tertiary/aromatic N) is 1. The first-order chi connectivity index (χ1) is 8.16. The van der Waals surface area contributed by atoms with E-state index in [9.17, 15) is 13.6 Å². The zero-order chi connectivity index (χ0) is 12.3. The smallest absolute Gasteiger partial charge is 0.164 e. The van der Waals surface area contributed by atoms with Gasteiger partial charge in [-0.25, -0.2) is 8.78 Å². The van der Waals surface area contributed by atoms with Crippen LogP contribution in [0.2, 0.25) is 0 Å². The molecule has 0 saturated carbocycles. The number of ketones is 1. The largest absolute Gasteiger partial charge is 0.303 e. The summed E-state index contributed by atoms with van der Waals surface area (Å²) in [4.78, 5) is 14.0. The molecule has 0 radical (unpaired) electrons. The van der Waals surface area contributed by atoms with Gasteiger partial charge in [-0.2, -0.15) is 0 Å². The number of rotatable bonds is 4. The highest BCUT2D eigenvalue weighted by molar-refractivity contribution is 5.96. The molecular weight excluding hydrogens is 224 g/mol. The number of benzene rings is 1. The van der Waals surface area contributed by atoms with E-state index >= 15 is 0 Å². The van der Waals surface area contributed by atoms with Crippen LogP contribution in [0, 0.1) is 11.6 Å². The summed E-state index contributed by atoms with van der Waals surface area (Å²) in [5.74, 6) is -2.01. The van der Waals surface area contributed by atoms with E-state index in [1.54, 1.807) is 0 Å². The average Bonchev–Trinajstić information content (AvgIpc) is 2.82. The Bertz CT molecular complexity index is 414. The van der Waals surface area contributed by atoms with Crippen LogP contribution in [0.15, 0.2) is 18.2 Å². The third kappa shape index (κ3) is 3.09. The van der Waals surface area contributed by atoms with E-state index in [1.807, 2.05) is 0 Å². The van der Waals surface area contributed by atoms with Crippen molar-refractivity contribution in [1.82, 2.24) is 4.90 Å². The predicted octanol–water partition coefficient (Wildman–Crippen LogP) is 2.63. The van der Waals surface area contributed by atoms with E-state index < -0.39 is 11.6 Å². The fourth-order valence-electron chi connectivity index (χ4n) is 2.08. The Kier molecular flexibility index (Phi) is 3.84. The molecule has 0 atom stereocenters. The van der Waals surface area contributed by atoms with Crippen LogP contribution >= 0.6 is 0 Å². The zero-order valence-electron chi connectivity index (χ0n) is 9.59. The molecule has 1 aromatic carbocycles. The zero-order valence-corrected chi connectivity index (χ0v) is 9.59. The SMILES string of the molecule is O=C(CCN1CCCC1)c1ccc(F)c(F)c1. The van der Waals surface area contributed by atoms with Gasteiger partial charge < -0.3 is 4.90 Å². The first-order valence-electron chi connectivity index (χ1n) is 5.87. The molecule has 1 aliphatic rings. The van der Waals surface area contributed by atoms with Gasteiger partial charge in [-0.15, -0.1) is 0 Å². The molecule has 92 valence electrons. The summed E-state index contributed by atoms with van der Waals surface area (Å²) in [6.45, 7) is 2.77. The lowest BCUT2D eigenvalue weighted by Crippen LogP contribution is -2.22. The van der Waals surface area contributed by atoms with Crippen LogP contribution in [0.5, 0.6) is 0 Å². The lowest BCUT2D eigenvalue weighted by Gasteiger charge is -2.13. The number of Topliss-reactive ketones (excluding diaryl/α,β-unsaturated/α-hetero) is 1. The minimum atomic E-state index is -0.961. The molecule has 1 aromatic rings. The van der Waals surface area contributed by atoms with Gasteiger partial charge in [-0.05, 0) is 44.1 Å². The van der Waals surface area contributed by atoms with Gasteiger partial charge in [0.1, 0.15) is 0 Å². The molecule has 17 heavy (non-hydrogen) atoms. The maximum atomic E-state index is 12.9. The first kappa shape index (κ1) is 12.2. The van der Waals surface area contributed by atoms with Gasteiger partial charge in [0.25, 0.3) is 0 Å². The summed E-state index contributed by atoms with van der Waals surface area (Å²) in [7, 11) is 0. The number of halogens is 2. The number of hydrogen-bond donors (Lipinski definition) is 0. The second-order valence-corrected chi connectivity index (χ2v) is 4.35. The highest BCUT2D eigenvalue weighted by atomic mass is 19.2. The summed E-state index contributed by atoms with van der Waals surface area (Å²) in [5, 5.41) is 0. The Labute approximate surface area is 99.2 Å². The highest BCUT2D eigenvalue weighted by Gasteiger charge is 2.14. The van der Waals surface area contributed by atoms with Crippen LogP contribution in [-0.2, 0) is 0 Å². The molecular formula is C13H15F2NO. The monoisotopic (exact) mass is 239 g/mol. The molecule has 0 amide bonds. The molecule has 1 fully saturated rings. The minimum absolute atomic E-state index is 0.129. The topological polar surface area (TPSA) is 20.3 Å². The number of carbonyl (C=O) groups excluding carboxylic acids is 1. The second-order valence-electron chi connectivity index (χ2n) is 4.35. The molecule has 1 saturated heterocycles. The number of carbonyl (C=O) groups is 1. The summed E-state index contributed by atoms with van der Waals surface area (Å²) in [6, 6.07) is 3.31. The Morgan fingerprint density at radius 3 is 2.53 bits per heavy atom. The molecule has 0 N–H and O–H groups in total. The molecule has 0 spiro atoms. The van der Waals surface area contributed by atoms with Crippen LogP contribution in [0.4, 0.5) is 8.78 Å². The van der Waals surface area contributed by atoms with E-state index in [2.05, 4.69) is 4.90 Å². The molecule has 1 heterocycles. The third-order valence-corrected chi connectivity index (χ3v) is 3.10. The van der Waals surface area contributed by atoms with E-state index in [-0.39, 0.29) is 11.3 Å². The lowest BCUT2D eigenvalue weighted by molar-refractivity contribution is 0.0968. The number of likely N-dealkylation sites (tertiary alicyclic amines) is 1. The molecule has 2 rings (SSSR count). The normalized spacial score (nSPS) is 16.4. The molecule has 0 unspecified atom stereocenters. The average molecular weight is 239 g/mol. The summed E-state index contributed by atoms with van der Waals surface area (Å²) < 4.78 is 25.6. The first-order valence-corrected chi connectivity index (χ1v) is 5.87. The van der Waals surface area contributed by atoms with Gasteiger partial charge in [-0.3, -0.25) is 4.79 Å². The van der Waals surface area contributed by atoms with Gasteiger partial charge in [0, 0.05) is 18.5 Å². The number of hydrogen-bond acceptors (Lipinski definition) is 2. The third-order valence-electron chi connectivity index (χ3n) is 3.10. The van der Waals surface area contributed by atoms with E-state index in [0.29, 0.717) is 13.0 Å². The lowest BCUT2D eigenvalue weighted by atomic mass is 10.1. The molecule has 0 bridgehead atoms. The van der Waals surface area contributed by atoms with Crippen molar-refractivity contribution in [3.63, 3.8) is 0 Å². The maximum Gasteiger partial charge on any atom is 0.164 e. The van der Waals surface area contributed by atoms with Crippen molar-refractivity contribution in [2.75, 3.05) is 19.6 Å². The van der Waals surface area contributed by atoms with E-state index in [1.165, 1.54) is 18.9 Å². The second kappa shape index (κ2) is 5.36. The molecule has 0 aromatic heterocycles. The van der Waals surface area contributed by atoms with Crippen LogP contribution in [0.3, 0.4) is 0 Å². The van der Waals surface area contributed by atoms with Crippen LogP contribution in [-0.4, -0.2) is 30.3 Å². The molecule has 0 aliphatic carbocycles. The van der Waals surface area contributed by atoms with Crippen molar-refractivity contribution in [3.8, 4) is 0 Å². The summed E-state index contributed by atoms with van der Waals surface area (Å²) >= 11 is 0. The van der Waals surface area contributed by atoms with Crippen LogP contribution in [0.1, 0.15) is 29.6 Å². The van der Waals surface area contributed by atoms with Crippen molar-refractivity contribution in [3.05, 3.63) is 35.4 Å². The van der Waals surface area contributed by atoms with Crippen molar-refractivity contribution in [2.45, 2.75) is 19.3 Å². The fourth-order valence-corrected chi connectivity index (χ4v) is 2.08. The molecule has 1 aliphatic heterocycles. The fraction of sp³-hybridized carbons (Fsp3) is 0.462. The quantitative estimate of drug-likeness (QED) is 0.753. The van der Waals surface area contributed by atoms with Crippen molar-refractivity contribution >= 4 is 5.78 Å². The van der Waals surface area contributed by atoms with Crippen LogP contribution in [0.25, 0.3) is 0 Å². The summed E-state index contributed by atoms with van der Waals surface area (Å²) in [6.07, 6.45) is 2.73. The Balaban J connectivity index is 1.92. The van der Waals surface area contributed by atoms with Crippen molar-refractivity contribution in [1.29, 1.82) is 0 Å². The molecule has 2 nitrogen and oxygen atoms in total. The summed E-state index contributed by atoms with van der Waals surface area (Å²) in [5.41, 5.74) is 0.253. The molecule has 4 heteroatoms. The van der Waals surface area contributed by atoms with Gasteiger partial charge in [-0.1, -0.05) is 0 Å². The van der Waals surface area contributed by atoms with E-state index in [0.717, 1.165) is 25.2 Å². The van der Waals surface area contributed by atoms with Gasteiger partial charge in [0.2, 0.25) is 0 Å². The Morgan fingerprint density at radius 2 is 1.88 bits per heavy atom. The van der Waals surface area contributed by atoms with Crippen molar-refractivity contribution < 1.29 is 13.6 Å². The van der Waals surface area contributed by atoms with Gasteiger partial charge in [0.05, 0.1) is 0 Å². The Morgan fingerprint density at radius 1 is 1.18 bits per heavy atom. The van der Waals surface area contributed by atoms with Crippen molar-refractivity contribution in [2.24, 2.45) is 0 Å². The Hall–Kier alpha value is -1.29. The standard InChI is InChI=1S/C13H15F2NO/c14-11-4-3-10(9-12(11)15)13(17)5-8-16-6-1-2-7-16/h3-4,9H,1-2,5-8H2. The minimum Gasteiger partial charge on any atom is -0.303 e. The highest BCUT2D eigenvalue weighted by Crippen LogP contribution is 2.12. The van der Waals surface area contributed by atoms with E-state index in [4.69, 9.17) is 0 Å². The van der Waals surface area contributed by atoms with Gasteiger partial charge >= 0.3 is 0 Å².